The van der Waals surface area contributed by atoms with Crippen molar-refractivity contribution in [2.45, 2.75) is 32.6 Å². The number of hydrogen-bond donors (Lipinski definition) is 1. The summed E-state index contributed by atoms with van der Waals surface area (Å²) in [6.07, 6.45) is 4.30. The van der Waals surface area contributed by atoms with Crippen LogP contribution in [0.5, 0.6) is 0 Å². The first-order valence-electron chi connectivity index (χ1n) is 6.37. The number of nitrogens with zero attached hydrogens (tertiary/aromatic N) is 1. The molecule has 3 nitrogen and oxygen atoms in total. The van der Waals surface area contributed by atoms with Gasteiger partial charge >= 0.3 is 0 Å². The average Bonchev–Trinajstić information content (AvgIpc) is 2.39. The number of rotatable bonds is 2. The van der Waals surface area contributed by atoms with Gasteiger partial charge in [0.25, 0.3) is 5.91 Å². The molecule has 5 heteroatoms. The largest absolute Gasteiger partial charge is 0.271 e. The van der Waals surface area contributed by atoms with Crippen LogP contribution >= 0.6 is 23.2 Å². The predicted octanol–water partition coefficient (Wildman–Crippen LogP) is 4.29. The standard InChI is InChI=1S/C14H16Cl2N2O/c1-9-3-2-4-11(7-9)17-18-14(19)10-5-6-12(15)13(16)8-10/h5-6,8-9H,2-4,7H2,1H3,(H,18,19). The molecule has 0 heterocycles. The fourth-order valence-electron chi connectivity index (χ4n) is 2.19. The highest BCUT2D eigenvalue weighted by molar-refractivity contribution is 6.42. The smallest absolute Gasteiger partial charge is 0.267 e. The first-order valence-corrected chi connectivity index (χ1v) is 7.12. The molecule has 0 aliphatic heterocycles. The van der Waals surface area contributed by atoms with Gasteiger partial charge in [0, 0.05) is 11.3 Å². The number of carbonyl (C=O) groups excluding carboxylic acids is 1. The summed E-state index contributed by atoms with van der Waals surface area (Å²) in [5, 5.41) is 5.01. The van der Waals surface area contributed by atoms with Crippen LogP contribution in [-0.4, -0.2) is 11.6 Å². The zero-order valence-electron chi connectivity index (χ0n) is 10.7. The zero-order valence-corrected chi connectivity index (χ0v) is 12.3. The van der Waals surface area contributed by atoms with E-state index in [0.717, 1.165) is 25.0 Å². The van der Waals surface area contributed by atoms with E-state index < -0.39 is 0 Å². The van der Waals surface area contributed by atoms with Gasteiger partial charge in [-0.2, -0.15) is 5.10 Å². The summed E-state index contributed by atoms with van der Waals surface area (Å²) in [6.45, 7) is 2.20. The molecule has 1 amide bonds. The third-order valence-corrected chi connectivity index (χ3v) is 3.98. The summed E-state index contributed by atoms with van der Waals surface area (Å²) in [7, 11) is 0. The van der Waals surface area contributed by atoms with Crippen molar-refractivity contribution in [2.24, 2.45) is 11.0 Å². The van der Waals surface area contributed by atoms with Crippen molar-refractivity contribution < 1.29 is 4.79 Å². The highest BCUT2D eigenvalue weighted by atomic mass is 35.5. The summed E-state index contributed by atoms with van der Waals surface area (Å²) in [4.78, 5) is 11.9. The van der Waals surface area contributed by atoms with Crippen LogP contribution in [0.3, 0.4) is 0 Å². The van der Waals surface area contributed by atoms with Gasteiger partial charge in [0.1, 0.15) is 0 Å². The maximum Gasteiger partial charge on any atom is 0.271 e. The second-order valence-corrected chi connectivity index (χ2v) is 5.76. The number of hydrazone groups is 1. The van der Waals surface area contributed by atoms with Crippen molar-refractivity contribution >= 4 is 34.8 Å². The Bertz CT molecular complexity index is 514. The molecule has 102 valence electrons. The van der Waals surface area contributed by atoms with Gasteiger partial charge in [-0.05, 0) is 49.8 Å². The second-order valence-electron chi connectivity index (χ2n) is 4.95. The van der Waals surface area contributed by atoms with Gasteiger partial charge in [0.05, 0.1) is 10.0 Å². The van der Waals surface area contributed by atoms with Crippen molar-refractivity contribution in [1.82, 2.24) is 5.43 Å². The third-order valence-electron chi connectivity index (χ3n) is 3.24. The van der Waals surface area contributed by atoms with Crippen LogP contribution in [0.15, 0.2) is 23.3 Å². The molecule has 1 unspecified atom stereocenters. The molecule has 1 N–H and O–H groups in total. The van der Waals surface area contributed by atoms with E-state index in [2.05, 4.69) is 17.5 Å². The lowest BCUT2D eigenvalue weighted by atomic mass is 9.89. The fourth-order valence-corrected chi connectivity index (χ4v) is 2.49. The number of hydrogen-bond acceptors (Lipinski definition) is 2. The Morgan fingerprint density at radius 1 is 1.37 bits per heavy atom. The van der Waals surface area contributed by atoms with E-state index in [-0.39, 0.29) is 5.91 Å². The van der Waals surface area contributed by atoms with Crippen LogP contribution in [0.25, 0.3) is 0 Å². The van der Waals surface area contributed by atoms with Gasteiger partial charge in [-0.3, -0.25) is 4.79 Å². The second kappa shape index (κ2) is 6.40. The summed E-state index contributed by atoms with van der Waals surface area (Å²) < 4.78 is 0. The average molecular weight is 299 g/mol. The first-order chi connectivity index (χ1) is 9.06. The lowest BCUT2D eigenvalue weighted by molar-refractivity contribution is 0.0954. The van der Waals surface area contributed by atoms with Gasteiger partial charge in [0.2, 0.25) is 0 Å². The molecule has 0 bridgehead atoms. The molecular weight excluding hydrogens is 283 g/mol. The lowest BCUT2D eigenvalue weighted by Gasteiger charge is -2.18. The summed E-state index contributed by atoms with van der Waals surface area (Å²) >= 11 is 11.7. The van der Waals surface area contributed by atoms with E-state index in [4.69, 9.17) is 23.2 Å². The highest BCUT2D eigenvalue weighted by Gasteiger charge is 2.14. The van der Waals surface area contributed by atoms with Crippen LogP contribution in [0.4, 0.5) is 0 Å². The lowest BCUT2D eigenvalue weighted by Crippen LogP contribution is -2.22. The molecule has 0 spiro atoms. The maximum absolute atomic E-state index is 11.9. The molecule has 1 aliphatic rings. The highest BCUT2D eigenvalue weighted by Crippen LogP contribution is 2.23. The van der Waals surface area contributed by atoms with E-state index in [1.807, 2.05) is 0 Å². The first kappa shape index (κ1) is 14.4. The molecular formula is C14H16Cl2N2O. The minimum absolute atomic E-state index is 0.260. The number of carbonyl (C=O) groups is 1. The molecule has 0 radical (unpaired) electrons. The fraction of sp³-hybridized carbons (Fsp3) is 0.429. The normalized spacial score (nSPS) is 21.4. The molecule has 2 rings (SSSR count). The Balaban J connectivity index is 2.00. The molecule has 1 saturated carbocycles. The Kier molecular flexibility index (Phi) is 4.83. The Hall–Kier alpha value is -1.06. The van der Waals surface area contributed by atoms with Crippen molar-refractivity contribution in [3.05, 3.63) is 33.8 Å². The van der Waals surface area contributed by atoms with E-state index >= 15 is 0 Å². The van der Waals surface area contributed by atoms with Gasteiger partial charge in [-0.1, -0.05) is 30.1 Å². The summed E-state index contributed by atoms with van der Waals surface area (Å²) in [5.41, 5.74) is 4.11. The maximum atomic E-state index is 11.9. The molecule has 0 aromatic heterocycles. The third kappa shape index (κ3) is 3.95. The van der Waals surface area contributed by atoms with Crippen molar-refractivity contribution in [3.63, 3.8) is 0 Å². The van der Waals surface area contributed by atoms with Gasteiger partial charge in [-0.25, -0.2) is 5.43 Å². The van der Waals surface area contributed by atoms with Gasteiger partial charge in [-0.15, -0.1) is 0 Å². The van der Waals surface area contributed by atoms with Crippen molar-refractivity contribution in [3.8, 4) is 0 Å². The van der Waals surface area contributed by atoms with Crippen molar-refractivity contribution in [2.75, 3.05) is 0 Å². The molecule has 0 saturated heterocycles. The van der Waals surface area contributed by atoms with Crippen LogP contribution in [0.2, 0.25) is 10.0 Å². The van der Waals surface area contributed by atoms with Crippen LogP contribution in [0, 0.1) is 5.92 Å². The zero-order chi connectivity index (χ0) is 13.8. The van der Waals surface area contributed by atoms with Gasteiger partial charge in [0.15, 0.2) is 0 Å². The molecule has 1 aromatic rings. The molecule has 1 atom stereocenters. The van der Waals surface area contributed by atoms with E-state index in [1.54, 1.807) is 18.2 Å². The Morgan fingerprint density at radius 3 is 2.84 bits per heavy atom. The topological polar surface area (TPSA) is 41.5 Å². The number of nitrogens with one attached hydrogen (secondary N) is 1. The van der Waals surface area contributed by atoms with E-state index in [0.29, 0.717) is 21.5 Å². The van der Waals surface area contributed by atoms with Crippen LogP contribution in [0.1, 0.15) is 43.0 Å². The summed E-state index contributed by atoms with van der Waals surface area (Å²) in [6, 6.07) is 4.78. The molecule has 1 aliphatic carbocycles. The molecule has 19 heavy (non-hydrogen) atoms. The van der Waals surface area contributed by atoms with Crippen molar-refractivity contribution in [1.29, 1.82) is 0 Å². The SMILES string of the molecule is CC1CCCC(=NNC(=O)c2ccc(Cl)c(Cl)c2)C1. The molecule has 1 aromatic carbocycles. The van der Waals surface area contributed by atoms with E-state index in [1.165, 1.54) is 6.42 Å². The summed E-state index contributed by atoms with van der Waals surface area (Å²) in [5.74, 6) is 0.388. The minimum atomic E-state index is -0.260. The van der Waals surface area contributed by atoms with Crippen LogP contribution < -0.4 is 5.43 Å². The van der Waals surface area contributed by atoms with E-state index in [9.17, 15) is 4.79 Å². The molecule has 1 fully saturated rings. The minimum Gasteiger partial charge on any atom is -0.267 e. The van der Waals surface area contributed by atoms with Gasteiger partial charge < -0.3 is 0 Å². The number of benzene rings is 1. The van der Waals surface area contributed by atoms with Crippen LogP contribution in [-0.2, 0) is 0 Å². The Labute approximate surface area is 123 Å². The Morgan fingerprint density at radius 2 is 2.16 bits per heavy atom. The monoisotopic (exact) mass is 298 g/mol. The number of halogens is 2. The predicted molar refractivity (Wildman–Crippen MR) is 79.0 cm³/mol. The quantitative estimate of drug-likeness (QED) is 0.813. The number of amides is 1.